The summed E-state index contributed by atoms with van der Waals surface area (Å²) in [5.74, 6) is 0. The second-order valence-electron chi connectivity index (χ2n) is 3.77. The lowest BCUT2D eigenvalue weighted by molar-refractivity contribution is 0.833. The van der Waals surface area contributed by atoms with Crippen LogP contribution in [0.3, 0.4) is 0 Å². The van der Waals surface area contributed by atoms with Gasteiger partial charge in [-0.3, -0.25) is 4.99 Å². The molecule has 0 radical (unpaired) electrons. The van der Waals surface area contributed by atoms with E-state index in [0.29, 0.717) is 0 Å². The Morgan fingerprint density at radius 2 is 1.93 bits per heavy atom. The van der Waals surface area contributed by atoms with Crippen molar-refractivity contribution in [2.45, 2.75) is 53.4 Å². The van der Waals surface area contributed by atoms with Gasteiger partial charge in [-0.2, -0.15) is 0 Å². The highest BCUT2D eigenvalue weighted by Crippen LogP contribution is 2.16. The van der Waals surface area contributed by atoms with Crippen LogP contribution in [0.2, 0.25) is 0 Å². The zero-order valence-electron chi connectivity index (χ0n) is 10.9. The molecule has 0 aromatic rings. The predicted octanol–water partition coefficient (Wildman–Crippen LogP) is 4.55. The van der Waals surface area contributed by atoms with Crippen molar-refractivity contribution in [3.8, 4) is 0 Å². The summed E-state index contributed by atoms with van der Waals surface area (Å²) in [4.78, 5) is 4.42. The second-order valence-corrected chi connectivity index (χ2v) is 3.77. The van der Waals surface area contributed by atoms with Gasteiger partial charge < -0.3 is 0 Å². The highest BCUT2D eigenvalue weighted by atomic mass is 14.7. The second kappa shape index (κ2) is 8.46. The largest absolute Gasteiger partial charge is 0.292 e. The molecule has 0 aliphatic rings. The first-order valence-corrected chi connectivity index (χ1v) is 6.00. The van der Waals surface area contributed by atoms with Crippen LogP contribution in [-0.2, 0) is 0 Å². The molecule has 0 fully saturated rings. The van der Waals surface area contributed by atoms with Gasteiger partial charge in [-0.15, -0.1) is 0 Å². The Hall–Kier alpha value is -0.850. The van der Waals surface area contributed by atoms with Crippen molar-refractivity contribution in [1.82, 2.24) is 0 Å². The van der Waals surface area contributed by atoms with E-state index in [9.17, 15) is 0 Å². The highest BCUT2D eigenvalue weighted by Gasteiger charge is 2.06. The first-order valence-electron chi connectivity index (χ1n) is 6.00. The van der Waals surface area contributed by atoms with Crippen molar-refractivity contribution in [3.63, 3.8) is 0 Å². The number of hydrogen-bond acceptors (Lipinski definition) is 1. The molecule has 0 N–H and O–H groups in total. The molecule has 0 aromatic carbocycles. The minimum absolute atomic E-state index is 1.08. The van der Waals surface area contributed by atoms with Gasteiger partial charge >= 0.3 is 0 Å². The third-order valence-corrected chi connectivity index (χ3v) is 2.61. The van der Waals surface area contributed by atoms with Crippen molar-refractivity contribution in [1.29, 1.82) is 0 Å². The summed E-state index contributed by atoms with van der Waals surface area (Å²) >= 11 is 0. The Kier molecular flexibility index (Phi) is 7.98. The van der Waals surface area contributed by atoms with Crippen molar-refractivity contribution >= 4 is 5.71 Å². The molecule has 0 aromatic heterocycles. The maximum Gasteiger partial charge on any atom is 0.0416 e. The molecule has 0 aliphatic carbocycles. The van der Waals surface area contributed by atoms with Gasteiger partial charge in [-0.1, -0.05) is 32.4 Å². The van der Waals surface area contributed by atoms with Crippen molar-refractivity contribution < 1.29 is 0 Å². The monoisotopic (exact) mass is 207 g/mol. The lowest BCUT2D eigenvalue weighted by Crippen LogP contribution is -2.04. The SMILES string of the molecule is C/C=C(C)\C(=C\CC)C(CCCC)=NC. The van der Waals surface area contributed by atoms with Crippen LogP contribution in [0.15, 0.2) is 28.3 Å². The Morgan fingerprint density at radius 3 is 2.33 bits per heavy atom. The van der Waals surface area contributed by atoms with Crippen LogP contribution in [-0.4, -0.2) is 12.8 Å². The third kappa shape index (κ3) is 4.96. The number of hydrogen-bond donors (Lipinski definition) is 0. The fraction of sp³-hybridized carbons (Fsp3) is 0.643. The molecule has 0 saturated carbocycles. The van der Waals surface area contributed by atoms with E-state index in [1.807, 2.05) is 7.05 Å². The van der Waals surface area contributed by atoms with E-state index >= 15 is 0 Å². The first kappa shape index (κ1) is 14.2. The van der Waals surface area contributed by atoms with E-state index in [-0.39, 0.29) is 0 Å². The molecule has 0 rings (SSSR count). The van der Waals surface area contributed by atoms with E-state index in [2.05, 4.69) is 44.8 Å². The molecular weight excluding hydrogens is 182 g/mol. The quantitative estimate of drug-likeness (QED) is 0.447. The standard InChI is InChI=1S/C14H25N/c1-6-9-11-14(15-5)13(10-7-2)12(4)8-3/h8,10H,6-7,9,11H2,1-5H3/b12-8-,13-10-,15-14?. The summed E-state index contributed by atoms with van der Waals surface area (Å²) in [5, 5.41) is 0. The number of allylic oxidation sites excluding steroid dienone is 4. The molecule has 86 valence electrons. The van der Waals surface area contributed by atoms with Crippen molar-refractivity contribution in [2.24, 2.45) is 4.99 Å². The smallest absolute Gasteiger partial charge is 0.0416 e. The van der Waals surface area contributed by atoms with E-state index in [0.717, 1.165) is 12.8 Å². The summed E-state index contributed by atoms with van der Waals surface area (Å²) < 4.78 is 0. The van der Waals surface area contributed by atoms with E-state index in [4.69, 9.17) is 0 Å². The molecule has 0 bridgehead atoms. The van der Waals surface area contributed by atoms with Gasteiger partial charge in [-0.05, 0) is 44.3 Å². The van der Waals surface area contributed by atoms with E-state index in [1.165, 1.54) is 29.7 Å². The lowest BCUT2D eigenvalue weighted by atomic mass is 9.97. The summed E-state index contributed by atoms with van der Waals surface area (Å²) in [6.07, 6.45) is 9.08. The molecule has 0 amide bonds. The molecule has 0 heterocycles. The maximum absolute atomic E-state index is 4.42. The van der Waals surface area contributed by atoms with Crippen LogP contribution in [0.5, 0.6) is 0 Å². The molecule has 15 heavy (non-hydrogen) atoms. The van der Waals surface area contributed by atoms with Crippen LogP contribution in [0, 0.1) is 0 Å². The van der Waals surface area contributed by atoms with Crippen LogP contribution in [0.1, 0.15) is 53.4 Å². The molecule has 1 heteroatoms. The Labute approximate surface area is 95.0 Å². The number of aliphatic imine (C=N–C) groups is 1. The number of rotatable bonds is 6. The van der Waals surface area contributed by atoms with Gasteiger partial charge in [0, 0.05) is 12.8 Å². The van der Waals surface area contributed by atoms with Gasteiger partial charge in [0.05, 0.1) is 0 Å². The minimum atomic E-state index is 1.08. The molecular formula is C14H25N. The van der Waals surface area contributed by atoms with Gasteiger partial charge in [0.25, 0.3) is 0 Å². The summed E-state index contributed by atoms with van der Waals surface area (Å²) in [6.45, 7) is 8.65. The van der Waals surface area contributed by atoms with Gasteiger partial charge in [-0.25, -0.2) is 0 Å². The molecule has 1 nitrogen and oxygen atoms in total. The predicted molar refractivity (Wildman–Crippen MR) is 70.7 cm³/mol. The average Bonchev–Trinajstić information content (AvgIpc) is 2.27. The van der Waals surface area contributed by atoms with Crippen LogP contribution in [0.4, 0.5) is 0 Å². The van der Waals surface area contributed by atoms with Crippen LogP contribution >= 0.6 is 0 Å². The lowest BCUT2D eigenvalue weighted by Gasteiger charge is -2.11. The molecule has 0 unspecified atom stereocenters. The van der Waals surface area contributed by atoms with Crippen LogP contribution < -0.4 is 0 Å². The van der Waals surface area contributed by atoms with E-state index < -0.39 is 0 Å². The summed E-state index contributed by atoms with van der Waals surface area (Å²) in [5.41, 5.74) is 3.94. The normalized spacial score (nSPS) is 14.6. The van der Waals surface area contributed by atoms with Crippen molar-refractivity contribution in [2.75, 3.05) is 7.05 Å². The molecule has 0 aliphatic heterocycles. The maximum atomic E-state index is 4.42. The minimum Gasteiger partial charge on any atom is -0.292 e. The molecule has 0 saturated heterocycles. The average molecular weight is 207 g/mol. The summed E-state index contributed by atoms with van der Waals surface area (Å²) in [7, 11) is 1.90. The summed E-state index contributed by atoms with van der Waals surface area (Å²) in [6, 6.07) is 0. The number of nitrogens with zero attached hydrogens (tertiary/aromatic N) is 1. The van der Waals surface area contributed by atoms with Crippen LogP contribution in [0.25, 0.3) is 0 Å². The van der Waals surface area contributed by atoms with Gasteiger partial charge in [0.2, 0.25) is 0 Å². The third-order valence-electron chi connectivity index (χ3n) is 2.61. The van der Waals surface area contributed by atoms with Crippen molar-refractivity contribution in [3.05, 3.63) is 23.3 Å². The van der Waals surface area contributed by atoms with E-state index in [1.54, 1.807) is 0 Å². The Morgan fingerprint density at radius 1 is 1.27 bits per heavy atom. The number of unbranched alkanes of at least 4 members (excludes halogenated alkanes) is 1. The zero-order chi connectivity index (χ0) is 11.7. The molecule has 0 atom stereocenters. The Balaban J connectivity index is 4.81. The Bertz CT molecular complexity index is 257. The van der Waals surface area contributed by atoms with Gasteiger partial charge in [0.15, 0.2) is 0 Å². The molecule has 0 spiro atoms. The highest BCUT2D eigenvalue weighted by molar-refractivity contribution is 6.03. The topological polar surface area (TPSA) is 12.4 Å². The zero-order valence-corrected chi connectivity index (χ0v) is 10.9. The van der Waals surface area contributed by atoms with Gasteiger partial charge in [0.1, 0.15) is 0 Å². The fourth-order valence-electron chi connectivity index (χ4n) is 1.58. The fourth-order valence-corrected chi connectivity index (χ4v) is 1.58. The first-order chi connectivity index (χ1) is 7.21.